The van der Waals surface area contributed by atoms with E-state index in [2.05, 4.69) is 15.6 Å². The molecule has 0 aliphatic heterocycles. The molecule has 1 rings (SSSR count). The number of nitrogens with zero attached hydrogens (tertiary/aromatic N) is 4. The molecule has 1 heterocycles. The van der Waals surface area contributed by atoms with Crippen LogP contribution in [0.4, 0.5) is 0 Å². The molecule has 0 unspecified atom stereocenters. The highest BCUT2D eigenvalue weighted by Gasteiger charge is 2.17. The van der Waals surface area contributed by atoms with Gasteiger partial charge in [-0.25, -0.2) is 9.48 Å². The van der Waals surface area contributed by atoms with Crippen molar-refractivity contribution in [3.8, 4) is 0 Å². The van der Waals surface area contributed by atoms with Crippen LogP contribution < -0.4 is 5.32 Å². The van der Waals surface area contributed by atoms with Crippen molar-refractivity contribution < 1.29 is 19.5 Å². The molecular weight excluding hydrogens is 266 g/mol. The van der Waals surface area contributed by atoms with Gasteiger partial charge in [0.15, 0.2) is 5.69 Å². The Morgan fingerprint density at radius 2 is 2.15 bits per heavy atom. The third-order valence-electron chi connectivity index (χ3n) is 2.51. The lowest BCUT2D eigenvalue weighted by molar-refractivity contribution is -0.136. The summed E-state index contributed by atoms with van der Waals surface area (Å²) >= 11 is 0. The lowest BCUT2D eigenvalue weighted by Crippen LogP contribution is -2.41. The Kier molecular flexibility index (Phi) is 5.63. The van der Waals surface area contributed by atoms with Crippen molar-refractivity contribution in [1.29, 1.82) is 0 Å². The molecule has 110 valence electrons. The van der Waals surface area contributed by atoms with Gasteiger partial charge in [0.2, 0.25) is 11.8 Å². The van der Waals surface area contributed by atoms with E-state index in [1.54, 1.807) is 0 Å². The molecule has 0 atom stereocenters. The summed E-state index contributed by atoms with van der Waals surface area (Å²) in [5.74, 6) is -1.80. The van der Waals surface area contributed by atoms with E-state index in [-0.39, 0.29) is 30.6 Å². The molecule has 2 N–H and O–H groups in total. The normalized spacial score (nSPS) is 10.1. The average molecular weight is 283 g/mol. The van der Waals surface area contributed by atoms with Crippen LogP contribution in [0.5, 0.6) is 0 Å². The minimum atomic E-state index is -1.21. The maximum absolute atomic E-state index is 12.0. The van der Waals surface area contributed by atoms with Gasteiger partial charge in [-0.1, -0.05) is 12.1 Å². The number of likely N-dealkylation sites (N-methyl/N-ethyl adjacent to an activating group) is 1. The molecule has 9 heteroatoms. The fourth-order valence-electron chi connectivity index (χ4n) is 1.53. The van der Waals surface area contributed by atoms with Gasteiger partial charge in [-0.3, -0.25) is 9.59 Å². The summed E-state index contributed by atoms with van der Waals surface area (Å²) < 4.78 is 1.14. The van der Waals surface area contributed by atoms with E-state index in [1.807, 2.05) is 6.92 Å². The molecular formula is C11H17N5O4. The van der Waals surface area contributed by atoms with E-state index in [1.165, 1.54) is 18.1 Å². The molecule has 0 aromatic carbocycles. The second kappa shape index (κ2) is 7.22. The van der Waals surface area contributed by atoms with E-state index in [4.69, 9.17) is 5.11 Å². The van der Waals surface area contributed by atoms with Crippen LogP contribution in [0.15, 0.2) is 6.20 Å². The number of rotatable bonds is 7. The Morgan fingerprint density at radius 1 is 1.45 bits per heavy atom. The summed E-state index contributed by atoms with van der Waals surface area (Å²) in [7, 11) is 1.49. The lowest BCUT2D eigenvalue weighted by atomic mass is 10.3. The molecule has 0 saturated carbocycles. The van der Waals surface area contributed by atoms with Crippen LogP contribution in [-0.2, 0) is 16.1 Å². The quantitative estimate of drug-likeness (QED) is 0.660. The summed E-state index contributed by atoms with van der Waals surface area (Å²) in [5.41, 5.74) is -0.230. The first-order valence-electron chi connectivity index (χ1n) is 6.09. The number of carboxylic acid groups (broad SMARTS) is 1. The number of carboxylic acids is 1. The highest BCUT2D eigenvalue weighted by molar-refractivity contribution is 5.85. The van der Waals surface area contributed by atoms with Gasteiger partial charge < -0.3 is 15.3 Å². The van der Waals surface area contributed by atoms with Crippen molar-refractivity contribution in [2.75, 3.05) is 20.1 Å². The van der Waals surface area contributed by atoms with Crippen LogP contribution in [0.25, 0.3) is 0 Å². The molecule has 0 radical (unpaired) electrons. The van der Waals surface area contributed by atoms with Crippen molar-refractivity contribution in [2.45, 2.75) is 19.9 Å². The number of hydrogen-bond donors (Lipinski definition) is 2. The zero-order valence-corrected chi connectivity index (χ0v) is 11.4. The van der Waals surface area contributed by atoms with Gasteiger partial charge in [-0.05, 0) is 6.42 Å². The van der Waals surface area contributed by atoms with Gasteiger partial charge in [0, 0.05) is 13.6 Å². The largest absolute Gasteiger partial charge is 0.476 e. The average Bonchev–Trinajstić information content (AvgIpc) is 2.86. The first-order chi connectivity index (χ1) is 9.47. The van der Waals surface area contributed by atoms with E-state index in [0.717, 1.165) is 4.68 Å². The number of carbonyl (C=O) groups excluding carboxylic acids is 2. The smallest absolute Gasteiger partial charge is 0.358 e. The predicted molar refractivity (Wildman–Crippen MR) is 67.9 cm³/mol. The first-order valence-corrected chi connectivity index (χ1v) is 6.09. The Bertz CT molecular complexity index is 499. The topological polar surface area (TPSA) is 117 Å². The maximum atomic E-state index is 12.0. The van der Waals surface area contributed by atoms with Crippen molar-refractivity contribution in [3.05, 3.63) is 11.9 Å². The molecule has 0 aliphatic carbocycles. The van der Waals surface area contributed by atoms with Gasteiger partial charge in [0.1, 0.15) is 6.54 Å². The number of carbonyl (C=O) groups is 3. The molecule has 0 aliphatic rings. The summed E-state index contributed by atoms with van der Waals surface area (Å²) in [4.78, 5) is 35.4. The number of aromatic nitrogens is 3. The Balaban J connectivity index is 2.69. The van der Waals surface area contributed by atoms with E-state index >= 15 is 0 Å². The molecule has 0 fully saturated rings. The fraction of sp³-hybridized carbons (Fsp3) is 0.545. The Labute approximate surface area is 115 Å². The van der Waals surface area contributed by atoms with Crippen LogP contribution >= 0.6 is 0 Å². The summed E-state index contributed by atoms with van der Waals surface area (Å²) in [6, 6.07) is 0. The standard InChI is InChI=1S/C11H17N5O4/c1-3-4-15(6-9(17)12-2)10(18)7-16-5-8(11(19)20)13-14-16/h5H,3-4,6-7H2,1-2H3,(H,12,17)(H,19,20). The van der Waals surface area contributed by atoms with Crippen molar-refractivity contribution in [2.24, 2.45) is 0 Å². The SMILES string of the molecule is CCCN(CC(=O)NC)C(=O)Cn1cc(C(=O)O)nn1. The minimum Gasteiger partial charge on any atom is -0.476 e. The second-order valence-corrected chi connectivity index (χ2v) is 4.09. The monoisotopic (exact) mass is 283 g/mol. The van der Waals surface area contributed by atoms with Gasteiger partial charge in [-0.2, -0.15) is 0 Å². The van der Waals surface area contributed by atoms with Crippen LogP contribution in [0.1, 0.15) is 23.8 Å². The first kappa shape index (κ1) is 15.6. The van der Waals surface area contributed by atoms with Crippen molar-refractivity contribution >= 4 is 17.8 Å². The summed E-state index contributed by atoms with van der Waals surface area (Å²) in [6.45, 7) is 2.13. The fourth-order valence-corrected chi connectivity index (χ4v) is 1.53. The van der Waals surface area contributed by atoms with Crippen LogP contribution in [-0.4, -0.2) is 62.9 Å². The Morgan fingerprint density at radius 3 is 2.65 bits per heavy atom. The minimum absolute atomic E-state index is 0.0380. The van der Waals surface area contributed by atoms with E-state index < -0.39 is 5.97 Å². The highest BCUT2D eigenvalue weighted by atomic mass is 16.4. The van der Waals surface area contributed by atoms with Gasteiger partial charge in [0.05, 0.1) is 12.7 Å². The van der Waals surface area contributed by atoms with Crippen molar-refractivity contribution in [3.63, 3.8) is 0 Å². The Hall–Kier alpha value is -2.45. The molecule has 1 aromatic heterocycles. The van der Waals surface area contributed by atoms with Crippen LogP contribution in [0.3, 0.4) is 0 Å². The lowest BCUT2D eigenvalue weighted by Gasteiger charge is -2.20. The molecule has 20 heavy (non-hydrogen) atoms. The third-order valence-corrected chi connectivity index (χ3v) is 2.51. The second-order valence-electron chi connectivity index (χ2n) is 4.09. The zero-order chi connectivity index (χ0) is 15.1. The maximum Gasteiger partial charge on any atom is 0.358 e. The molecule has 0 bridgehead atoms. The molecule has 0 saturated heterocycles. The predicted octanol–water partition coefficient (Wildman–Crippen LogP) is -1.04. The molecule has 0 spiro atoms. The summed E-state index contributed by atoms with van der Waals surface area (Å²) in [5, 5.41) is 18.1. The molecule has 1 aromatic rings. The number of nitrogens with one attached hydrogen (secondary N) is 1. The van der Waals surface area contributed by atoms with Crippen molar-refractivity contribution in [1.82, 2.24) is 25.2 Å². The number of hydrogen-bond acceptors (Lipinski definition) is 5. The van der Waals surface area contributed by atoms with Gasteiger partial charge >= 0.3 is 5.97 Å². The van der Waals surface area contributed by atoms with Gasteiger partial charge in [-0.15, -0.1) is 5.10 Å². The van der Waals surface area contributed by atoms with E-state index in [0.29, 0.717) is 13.0 Å². The zero-order valence-electron chi connectivity index (χ0n) is 11.4. The number of amides is 2. The van der Waals surface area contributed by atoms with Crippen LogP contribution in [0.2, 0.25) is 0 Å². The highest BCUT2D eigenvalue weighted by Crippen LogP contribution is 1.98. The summed E-state index contributed by atoms with van der Waals surface area (Å²) in [6.07, 6.45) is 1.88. The molecule has 9 nitrogen and oxygen atoms in total. The van der Waals surface area contributed by atoms with Gasteiger partial charge in [0.25, 0.3) is 0 Å². The third kappa shape index (κ3) is 4.34. The molecule has 2 amide bonds. The van der Waals surface area contributed by atoms with E-state index in [9.17, 15) is 14.4 Å². The number of aromatic carboxylic acids is 1. The van der Waals surface area contributed by atoms with Crippen LogP contribution in [0, 0.1) is 0 Å².